The average molecular weight is 548 g/mol. The highest BCUT2D eigenvalue weighted by molar-refractivity contribution is 6.02. The van der Waals surface area contributed by atoms with Crippen LogP contribution in [0.15, 0.2) is 36.4 Å². The number of ether oxygens (including phenoxy) is 2. The van der Waals surface area contributed by atoms with Gasteiger partial charge >= 0.3 is 5.97 Å². The molecule has 2 aliphatic carbocycles. The fraction of sp³-hybridized carbons (Fsp3) is 0.576. The maximum absolute atomic E-state index is 13.8. The third kappa shape index (κ3) is 3.65. The van der Waals surface area contributed by atoms with Gasteiger partial charge in [0.15, 0.2) is 0 Å². The Bertz CT molecular complexity index is 1350. The summed E-state index contributed by atoms with van der Waals surface area (Å²) in [6.45, 7) is 9.13. The number of amides is 1. The number of hydrogen-bond acceptors (Lipinski definition) is 6. The Hall–Kier alpha value is -3.06. The Labute approximate surface area is 236 Å². The number of methoxy groups -OCH3 is 1. The number of esters is 1. The summed E-state index contributed by atoms with van der Waals surface area (Å²) in [6.07, 6.45) is 4.10. The van der Waals surface area contributed by atoms with Crippen molar-refractivity contribution in [3.63, 3.8) is 0 Å². The van der Waals surface area contributed by atoms with Crippen LogP contribution < -0.4 is 4.74 Å². The second-order valence-electron chi connectivity index (χ2n) is 13.4. The highest BCUT2D eigenvalue weighted by Crippen LogP contribution is 2.67. The molecule has 2 aromatic rings. The number of aliphatic hydroxyl groups excluding tert-OH is 1. The number of benzene rings is 2. The third-order valence-electron chi connectivity index (χ3n) is 11.2. The lowest BCUT2D eigenvalue weighted by Gasteiger charge is -2.64. The predicted octanol–water partition coefficient (Wildman–Crippen LogP) is 5.04. The van der Waals surface area contributed by atoms with Gasteiger partial charge in [0.2, 0.25) is 0 Å². The van der Waals surface area contributed by atoms with Crippen LogP contribution in [0.1, 0.15) is 80.4 Å². The number of carbonyl (C=O) groups excluding carboxylic acids is 2. The van der Waals surface area contributed by atoms with Gasteiger partial charge < -0.3 is 24.6 Å². The molecule has 0 saturated heterocycles. The van der Waals surface area contributed by atoms with Gasteiger partial charge in [0, 0.05) is 29.4 Å². The van der Waals surface area contributed by atoms with E-state index in [1.54, 1.807) is 11.0 Å². The summed E-state index contributed by atoms with van der Waals surface area (Å²) >= 11 is 0. The molecule has 2 N–H and O–H groups in total. The highest BCUT2D eigenvalue weighted by atomic mass is 16.5. The van der Waals surface area contributed by atoms with E-state index in [0.717, 1.165) is 36.0 Å². The minimum atomic E-state index is -0.795. The first-order chi connectivity index (χ1) is 18.9. The van der Waals surface area contributed by atoms with E-state index in [1.165, 1.54) is 7.11 Å². The largest absolute Gasteiger partial charge is 0.508 e. The van der Waals surface area contributed by atoms with Gasteiger partial charge in [-0.15, -0.1) is 0 Å². The summed E-state index contributed by atoms with van der Waals surface area (Å²) < 4.78 is 12.2. The van der Waals surface area contributed by atoms with Gasteiger partial charge in [-0.05, 0) is 54.6 Å². The van der Waals surface area contributed by atoms with Crippen LogP contribution in [-0.2, 0) is 28.9 Å². The van der Waals surface area contributed by atoms with Crippen LogP contribution >= 0.6 is 0 Å². The minimum Gasteiger partial charge on any atom is -0.508 e. The molecule has 7 nitrogen and oxygen atoms in total. The summed E-state index contributed by atoms with van der Waals surface area (Å²) in [4.78, 5) is 28.3. The van der Waals surface area contributed by atoms with Crippen LogP contribution in [0.25, 0.3) is 0 Å². The monoisotopic (exact) mass is 547 g/mol. The van der Waals surface area contributed by atoms with Gasteiger partial charge in [-0.2, -0.15) is 0 Å². The van der Waals surface area contributed by atoms with Crippen molar-refractivity contribution in [1.82, 2.24) is 4.90 Å². The molecule has 1 amide bonds. The zero-order valence-electron chi connectivity index (χ0n) is 24.2. The molecule has 6 atom stereocenters. The van der Waals surface area contributed by atoms with Gasteiger partial charge in [0.05, 0.1) is 25.3 Å². The molecule has 0 radical (unpaired) electrons. The molecule has 0 bridgehead atoms. The third-order valence-corrected chi connectivity index (χ3v) is 11.2. The van der Waals surface area contributed by atoms with Gasteiger partial charge in [-0.1, -0.05) is 58.0 Å². The van der Waals surface area contributed by atoms with Gasteiger partial charge in [0.1, 0.15) is 23.1 Å². The molecule has 0 aromatic heterocycles. The molecular weight excluding hydrogens is 506 g/mol. The smallest absolute Gasteiger partial charge is 0.328 e. The van der Waals surface area contributed by atoms with E-state index in [1.807, 2.05) is 30.3 Å². The van der Waals surface area contributed by atoms with Crippen LogP contribution in [0.2, 0.25) is 0 Å². The Morgan fingerprint density at radius 2 is 1.88 bits per heavy atom. The van der Waals surface area contributed by atoms with Crippen molar-refractivity contribution in [2.75, 3.05) is 7.11 Å². The summed E-state index contributed by atoms with van der Waals surface area (Å²) in [5.41, 5.74) is 1.80. The topological polar surface area (TPSA) is 96.3 Å². The molecule has 40 heavy (non-hydrogen) atoms. The number of phenolic OH excluding ortho intramolecular Hbond substituents is 1. The van der Waals surface area contributed by atoms with E-state index in [0.29, 0.717) is 30.6 Å². The first kappa shape index (κ1) is 27.1. The fourth-order valence-corrected chi connectivity index (χ4v) is 8.84. The van der Waals surface area contributed by atoms with E-state index < -0.39 is 17.6 Å². The molecule has 2 saturated carbocycles. The SMILES string of the molecule is COC(=O)C(Cc1ccccc1)N1Cc2c(cc(O)c3c2O[C@]2(C3)C(C)CC[C@H]3C(C)(C)C(O)CC[C@@]32C)C1=O. The van der Waals surface area contributed by atoms with E-state index in [4.69, 9.17) is 9.47 Å². The quantitative estimate of drug-likeness (QED) is 0.521. The summed E-state index contributed by atoms with van der Waals surface area (Å²) in [6, 6.07) is 10.4. The van der Waals surface area contributed by atoms with Crippen molar-refractivity contribution in [2.45, 2.75) is 90.5 Å². The zero-order valence-corrected chi connectivity index (χ0v) is 24.2. The summed E-state index contributed by atoms with van der Waals surface area (Å²) in [5.74, 6) is 0.404. The lowest BCUT2D eigenvalue weighted by molar-refractivity contribution is -0.210. The molecule has 2 aliphatic heterocycles. The Morgan fingerprint density at radius 1 is 1.15 bits per heavy atom. The van der Waals surface area contributed by atoms with Crippen molar-refractivity contribution in [3.8, 4) is 11.5 Å². The van der Waals surface area contributed by atoms with E-state index in [-0.39, 0.29) is 47.0 Å². The number of rotatable bonds is 4. The van der Waals surface area contributed by atoms with Crippen molar-refractivity contribution in [3.05, 3.63) is 58.7 Å². The number of aromatic hydroxyl groups is 1. The van der Waals surface area contributed by atoms with Crippen molar-refractivity contribution in [2.24, 2.45) is 22.7 Å². The molecule has 214 valence electrons. The molecule has 3 unspecified atom stereocenters. The maximum atomic E-state index is 13.8. The number of nitrogens with zero attached hydrogens (tertiary/aromatic N) is 1. The molecule has 7 heteroatoms. The lowest BCUT2D eigenvalue weighted by Crippen LogP contribution is -2.66. The Morgan fingerprint density at radius 3 is 2.58 bits per heavy atom. The maximum Gasteiger partial charge on any atom is 0.328 e. The minimum absolute atomic E-state index is 0.0755. The Kier molecular flexibility index (Phi) is 6.26. The number of hydrogen-bond donors (Lipinski definition) is 2. The fourth-order valence-electron chi connectivity index (χ4n) is 8.84. The summed E-state index contributed by atoms with van der Waals surface area (Å²) in [7, 11) is 1.34. The van der Waals surface area contributed by atoms with Crippen LogP contribution in [0.3, 0.4) is 0 Å². The van der Waals surface area contributed by atoms with Crippen LogP contribution in [-0.4, -0.2) is 51.8 Å². The number of fused-ring (bicyclic) bond motifs is 5. The molecule has 4 aliphatic rings. The lowest BCUT2D eigenvalue weighted by atomic mass is 9.43. The molecular formula is C33H41NO6. The van der Waals surface area contributed by atoms with Crippen LogP contribution in [0, 0.1) is 22.7 Å². The molecule has 2 fully saturated rings. The second kappa shape index (κ2) is 9.23. The molecule has 2 aromatic carbocycles. The van der Waals surface area contributed by atoms with Crippen molar-refractivity contribution >= 4 is 11.9 Å². The van der Waals surface area contributed by atoms with E-state index in [9.17, 15) is 19.8 Å². The van der Waals surface area contributed by atoms with Gasteiger partial charge in [-0.3, -0.25) is 4.79 Å². The standard InChI is InChI=1S/C33H41NO6/c1-19-11-12-26-31(2,3)27(36)13-14-32(26,4)33(19)17-22-25(35)16-21-23(28(22)40-33)18-34(29(21)37)24(30(38)39-5)15-20-9-7-6-8-10-20/h6-10,16,19,24,26-27,35-36H,11-15,17-18H2,1-5H3/t19?,24?,26-,27?,32-,33+/m0/s1. The molecule has 2 heterocycles. The van der Waals surface area contributed by atoms with Gasteiger partial charge in [0.25, 0.3) is 5.91 Å². The molecule has 6 rings (SSSR count). The highest BCUT2D eigenvalue weighted by Gasteiger charge is 2.67. The number of aliphatic hydroxyl groups is 1. The number of carbonyl (C=O) groups is 2. The zero-order chi connectivity index (χ0) is 28.6. The average Bonchev–Trinajstić information content (AvgIpc) is 3.49. The van der Waals surface area contributed by atoms with Crippen molar-refractivity contribution in [1.29, 1.82) is 0 Å². The molecule has 1 spiro atoms. The second-order valence-corrected chi connectivity index (χ2v) is 13.4. The Balaban J connectivity index is 1.39. The van der Waals surface area contributed by atoms with Crippen LogP contribution in [0.4, 0.5) is 0 Å². The normalized spacial score (nSPS) is 32.7. The van der Waals surface area contributed by atoms with E-state index in [2.05, 4.69) is 27.7 Å². The van der Waals surface area contributed by atoms with E-state index >= 15 is 0 Å². The predicted molar refractivity (Wildman–Crippen MR) is 150 cm³/mol. The first-order valence-corrected chi connectivity index (χ1v) is 14.6. The van der Waals surface area contributed by atoms with Gasteiger partial charge in [-0.25, -0.2) is 4.79 Å². The first-order valence-electron chi connectivity index (χ1n) is 14.6. The number of phenols is 1. The summed E-state index contributed by atoms with van der Waals surface area (Å²) in [5, 5.41) is 22.2. The van der Waals surface area contributed by atoms with Crippen LogP contribution in [0.5, 0.6) is 11.5 Å². The van der Waals surface area contributed by atoms with Crippen molar-refractivity contribution < 1.29 is 29.3 Å².